The maximum absolute atomic E-state index is 11.2. The lowest BCUT2D eigenvalue weighted by Crippen LogP contribution is -2.69. The van der Waals surface area contributed by atoms with Crippen molar-refractivity contribution in [1.29, 1.82) is 0 Å². The van der Waals surface area contributed by atoms with E-state index in [1.54, 1.807) is 12.1 Å². The molecule has 0 unspecified atom stereocenters. The molecule has 0 aromatic heterocycles. The van der Waals surface area contributed by atoms with Gasteiger partial charge < -0.3 is 10.1 Å². The van der Waals surface area contributed by atoms with Crippen molar-refractivity contribution in [1.82, 2.24) is 5.32 Å². The molecule has 3 atom stereocenters. The van der Waals surface area contributed by atoms with Crippen LogP contribution in [-0.2, 0) is 0 Å². The lowest BCUT2D eigenvalue weighted by Gasteiger charge is -2.56. The van der Waals surface area contributed by atoms with Gasteiger partial charge in [-0.1, -0.05) is 25.1 Å². The standard InChI is InChI=1S/C19H19N3O3S/c1-11-6-4-5-7-15(11)21-18(26)20-17-12(2)19(21,3)25-16-9-8-13(22(23)24)10-14(16)17/h4-10,12,17H,1-3H3,(H,20,26)/t12-,17+,19+/m1/s1. The zero-order valence-corrected chi connectivity index (χ0v) is 15.5. The molecule has 0 radical (unpaired) electrons. The number of non-ortho nitro benzene ring substituents is 1. The molecule has 6 nitrogen and oxygen atoms in total. The van der Waals surface area contributed by atoms with Crippen molar-refractivity contribution in [3.8, 4) is 5.75 Å². The first-order valence-corrected chi connectivity index (χ1v) is 8.87. The second-order valence-electron chi connectivity index (χ2n) is 6.97. The molecule has 2 aromatic carbocycles. The van der Waals surface area contributed by atoms with Crippen LogP contribution < -0.4 is 15.0 Å². The molecule has 26 heavy (non-hydrogen) atoms. The minimum absolute atomic E-state index is 0.0170. The van der Waals surface area contributed by atoms with Gasteiger partial charge in [-0.05, 0) is 43.8 Å². The van der Waals surface area contributed by atoms with Gasteiger partial charge >= 0.3 is 0 Å². The maximum Gasteiger partial charge on any atom is 0.270 e. The predicted molar refractivity (Wildman–Crippen MR) is 103 cm³/mol. The van der Waals surface area contributed by atoms with Crippen molar-refractivity contribution in [2.24, 2.45) is 5.92 Å². The molecule has 2 heterocycles. The van der Waals surface area contributed by atoms with Gasteiger partial charge in [-0.15, -0.1) is 0 Å². The number of rotatable bonds is 2. The van der Waals surface area contributed by atoms with Gasteiger partial charge in [-0.25, -0.2) is 0 Å². The molecular formula is C19H19N3O3S. The van der Waals surface area contributed by atoms with E-state index in [-0.39, 0.29) is 22.6 Å². The van der Waals surface area contributed by atoms with Gasteiger partial charge in [-0.2, -0.15) is 0 Å². The van der Waals surface area contributed by atoms with Gasteiger partial charge in [0.15, 0.2) is 10.8 Å². The molecule has 1 N–H and O–H groups in total. The smallest absolute Gasteiger partial charge is 0.270 e. The van der Waals surface area contributed by atoms with E-state index < -0.39 is 5.72 Å². The Kier molecular flexibility index (Phi) is 3.66. The van der Waals surface area contributed by atoms with Crippen LogP contribution in [-0.4, -0.2) is 15.8 Å². The van der Waals surface area contributed by atoms with Crippen molar-refractivity contribution in [3.05, 3.63) is 63.7 Å². The summed E-state index contributed by atoms with van der Waals surface area (Å²) in [5.74, 6) is 0.665. The molecule has 0 spiro atoms. The number of thiocarbonyl (C=S) groups is 1. The van der Waals surface area contributed by atoms with Crippen LogP contribution in [0.1, 0.15) is 31.0 Å². The third-order valence-corrected chi connectivity index (χ3v) is 5.78. The van der Waals surface area contributed by atoms with E-state index in [9.17, 15) is 10.1 Å². The number of nitro groups is 1. The van der Waals surface area contributed by atoms with Crippen molar-refractivity contribution in [2.45, 2.75) is 32.5 Å². The Morgan fingerprint density at radius 1 is 1.31 bits per heavy atom. The van der Waals surface area contributed by atoms with Gasteiger partial charge in [0.05, 0.1) is 11.0 Å². The van der Waals surface area contributed by atoms with Gasteiger partial charge in [0.1, 0.15) is 5.75 Å². The van der Waals surface area contributed by atoms with Gasteiger partial charge in [0.2, 0.25) is 0 Å². The highest BCUT2D eigenvalue weighted by Gasteiger charge is 2.54. The molecule has 1 fully saturated rings. The number of benzene rings is 2. The highest BCUT2D eigenvalue weighted by atomic mass is 32.1. The Bertz CT molecular complexity index is 932. The zero-order chi connectivity index (χ0) is 18.6. The van der Waals surface area contributed by atoms with Gasteiger partial charge in [0, 0.05) is 29.3 Å². The van der Waals surface area contributed by atoms with Gasteiger partial charge in [-0.3, -0.25) is 15.0 Å². The van der Waals surface area contributed by atoms with E-state index in [2.05, 4.69) is 12.2 Å². The Hall–Kier alpha value is -2.67. The minimum atomic E-state index is -0.692. The lowest BCUT2D eigenvalue weighted by atomic mass is 9.80. The molecule has 0 saturated carbocycles. The summed E-state index contributed by atoms with van der Waals surface area (Å²) in [6.07, 6.45) is 0. The summed E-state index contributed by atoms with van der Waals surface area (Å²) in [6, 6.07) is 12.6. The number of anilines is 1. The van der Waals surface area contributed by atoms with Crippen molar-refractivity contribution < 1.29 is 9.66 Å². The lowest BCUT2D eigenvalue weighted by molar-refractivity contribution is -0.385. The molecule has 2 aliphatic rings. The summed E-state index contributed by atoms with van der Waals surface area (Å²) in [4.78, 5) is 12.8. The van der Waals surface area contributed by atoms with E-state index in [0.29, 0.717) is 10.9 Å². The Morgan fingerprint density at radius 3 is 2.73 bits per heavy atom. The fourth-order valence-corrected chi connectivity index (χ4v) is 4.30. The first-order valence-electron chi connectivity index (χ1n) is 8.46. The Balaban J connectivity index is 1.86. The monoisotopic (exact) mass is 369 g/mol. The number of nitrogens with one attached hydrogen (secondary N) is 1. The number of hydrogen-bond donors (Lipinski definition) is 1. The van der Waals surface area contributed by atoms with E-state index in [4.69, 9.17) is 17.0 Å². The average Bonchev–Trinajstić information content (AvgIpc) is 2.59. The molecule has 0 amide bonds. The number of nitro benzene ring substituents is 1. The normalized spacial score (nSPS) is 26.6. The number of para-hydroxylation sites is 1. The maximum atomic E-state index is 11.2. The van der Waals surface area contributed by atoms with Crippen LogP contribution in [0.2, 0.25) is 0 Å². The molecule has 134 valence electrons. The van der Waals surface area contributed by atoms with Crippen LogP contribution in [0.15, 0.2) is 42.5 Å². The summed E-state index contributed by atoms with van der Waals surface area (Å²) in [5.41, 5.74) is 2.22. The molecular weight excluding hydrogens is 350 g/mol. The summed E-state index contributed by atoms with van der Waals surface area (Å²) >= 11 is 5.66. The number of nitrogens with zero attached hydrogens (tertiary/aromatic N) is 2. The van der Waals surface area contributed by atoms with Crippen molar-refractivity contribution >= 4 is 28.7 Å². The Labute approximate surface area is 156 Å². The largest absolute Gasteiger partial charge is 0.467 e. The molecule has 0 aliphatic carbocycles. The van der Waals surface area contributed by atoms with E-state index in [0.717, 1.165) is 16.8 Å². The second-order valence-corrected chi connectivity index (χ2v) is 7.36. The second kappa shape index (κ2) is 5.67. The van der Waals surface area contributed by atoms with E-state index in [1.165, 1.54) is 6.07 Å². The summed E-state index contributed by atoms with van der Waals surface area (Å²) < 4.78 is 6.41. The summed E-state index contributed by atoms with van der Waals surface area (Å²) in [7, 11) is 0. The average molecular weight is 369 g/mol. The highest BCUT2D eigenvalue weighted by molar-refractivity contribution is 7.80. The van der Waals surface area contributed by atoms with Gasteiger partial charge in [0.25, 0.3) is 5.69 Å². The van der Waals surface area contributed by atoms with Crippen LogP contribution in [0.3, 0.4) is 0 Å². The Morgan fingerprint density at radius 2 is 2.04 bits per heavy atom. The molecule has 2 aliphatic heterocycles. The fourth-order valence-electron chi connectivity index (χ4n) is 3.89. The molecule has 2 bridgehead atoms. The predicted octanol–water partition coefficient (Wildman–Crippen LogP) is 4.08. The van der Waals surface area contributed by atoms with Crippen LogP contribution >= 0.6 is 12.2 Å². The first kappa shape index (κ1) is 16.8. The zero-order valence-electron chi connectivity index (χ0n) is 14.7. The molecule has 7 heteroatoms. The summed E-state index contributed by atoms with van der Waals surface area (Å²) in [5, 5.41) is 15.1. The van der Waals surface area contributed by atoms with Crippen molar-refractivity contribution in [2.75, 3.05) is 4.90 Å². The number of aryl methyl sites for hydroxylation is 1. The molecule has 2 aromatic rings. The number of fused-ring (bicyclic) bond motifs is 4. The fraction of sp³-hybridized carbons (Fsp3) is 0.316. The van der Waals surface area contributed by atoms with Crippen molar-refractivity contribution in [3.63, 3.8) is 0 Å². The van der Waals surface area contributed by atoms with Crippen LogP contribution in [0.25, 0.3) is 0 Å². The SMILES string of the molecule is Cc1ccccc1N1C(=S)N[C@@H]2c3cc([N+](=O)[O-])ccc3O[C@@]1(C)[C@@H]2C. The van der Waals surface area contributed by atoms with E-state index in [1.807, 2.05) is 43.0 Å². The minimum Gasteiger partial charge on any atom is -0.467 e. The van der Waals surface area contributed by atoms with Crippen LogP contribution in [0.5, 0.6) is 5.75 Å². The van der Waals surface area contributed by atoms with Crippen LogP contribution in [0, 0.1) is 23.0 Å². The quantitative estimate of drug-likeness (QED) is 0.489. The molecule has 1 saturated heterocycles. The first-order chi connectivity index (χ1) is 12.3. The number of hydrogen-bond acceptors (Lipinski definition) is 4. The van der Waals surface area contributed by atoms with Crippen LogP contribution in [0.4, 0.5) is 11.4 Å². The topological polar surface area (TPSA) is 67.6 Å². The number of ether oxygens (including phenoxy) is 1. The summed E-state index contributed by atoms with van der Waals surface area (Å²) in [6.45, 7) is 6.14. The highest BCUT2D eigenvalue weighted by Crippen LogP contribution is 2.50. The third-order valence-electron chi connectivity index (χ3n) is 5.48. The third kappa shape index (κ3) is 2.27. The molecule has 4 rings (SSSR count). The van der Waals surface area contributed by atoms with E-state index >= 15 is 0 Å².